The van der Waals surface area contributed by atoms with Crippen LogP contribution in [0.3, 0.4) is 0 Å². The molecule has 2 aromatic carbocycles. The number of carbonyl (C=O) groups excluding carboxylic acids is 2. The minimum atomic E-state index is -0.943. The van der Waals surface area contributed by atoms with E-state index in [1.54, 1.807) is 6.07 Å². The number of amides is 1. The molecule has 3 aromatic rings. The Morgan fingerprint density at radius 1 is 1.12 bits per heavy atom. The first-order chi connectivity index (χ1) is 16.3. The molecule has 178 valence electrons. The number of nitrogens with one attached hydrogen (secondary N) is 1. The molecule has 1 N–H and O–H groups in total. The van der Waals surface area contributed by atoms with E-state index in [0.717, 1.165) is 29.4 Å². The largest absolute Gasteiger partial charge is 0.445 e. The van der Waals surface area contributed by atoms with Crippen LogP contribution >= 0.6 is 11.6 Å². The highest BCUT2D eigenvalue weighted by atomic mass is 35.5. The number of esters is 1. The molecule has 1 amide bonds. The molecule has 0 saturated carbocycles. The van der Waals surface area contributed by atoms with Crippen LogP contribution in [0.15, 0.2) is 51.7 Å². The van der Waals surface area contributed by atoms with Gasteiger partial charge in [0.15, 0.2) is 5.75 Å². The number of hydrogen-bond acceptors (Lipinski definition) is 6. The van der Waals surface area contributed by atoms with E-state index in [0.29, 0.717) is 24.0 Å². The van der Waals surface area contributed by atoms with Gasteiger partial charge in [-0.05, 0) is 48.8 Å². The molecule has 8 heteroatoms. The topological polar surface area (TPSA) is 94.8 Å². The summed E-state index contributed by atoms with van der Waals surface area (Å²) in [6, 6.07) is 11.4. The summed E-state index contributed by atoms with van der Waals surface area (Å²) in [5, 5.41) is 3.56. The van der Waals surface area contributed by atoms with Crippen LogP contribution in [0.5, 0.6) is 5.75 Å². The van der Waals surface area contributed by atoms with Crippen LogP contribution in [0.4, 0.5) is 4.79 Å². The lowest BCUT2D eigenvalue weighted by atomic mass is 10.0. The van der Waals surface area contributed by atoms with Crippen molar-refractivity contribution >= 4 is 34.6 Å². The Labute approximate surface area is 202 Å². The maximum atomic E-state index is 13.0. The molecule has 7 nitrogen and oxygen atoms in total. The molecule has 1 atom stereocenters. The first-order valence-electron chi connectivity index (χ1n) is 11.3. The minimum Gasteiger partial charge on any atom is -0.445 e. The van der Waals surface area contributed by atoms with Gasteiger partial charge in [0, 0.05) is 17.0 Å². The average molecular weight is 484 g/mol. The Morgan fingerprint density at radius 2 is 1.85 bits per heavy atom. The lowest BCUT2D eigenvalue weighted by molar-refractivity contribution is -0.137. The number of alkyl carbamates (subject to hydrolysis) is 1. The van der Waals surface area contributed by atoms with Crippen LogP contribution in [-0.2, 0) is 29.0 Å². The summed E-state index contributed by atoms with van der Waals surface area (Å²) in [6.45, 7) is 3.93. The number of benzene rings is 2. The number of aryl methyl sites for hydroxylation is 1. The van der Waals surface area contributed by atoms with Crippen molar-refractivity contribution < 1.29 is 23.5 Å². The van der Waals surface area contributed by atoms with E-state index < -0.39 is 18.1 Å². The maximum absolute atomic E-state index is 13.0. The lowest BCUT2D eigenvalue weighted by Gasteiger charge is -2.19. The van der Waals surface area contributed by atoms with E-state index in [9.17, 15) is 14.4 Å². The summed E-state index contributed by atoms with van der Waals surface area (Å²) in [6.07, 6.45) is 1.96. The van der Waals surface area contributed by atoms with Crippen molar-refractivity contribution in [3.8, 4) is 5.75 Å². The molecular weight excluding hydrogens is 458 g/mol. The van der Waals surface area contributed by atoms with Crippen molar-refractivity contribution in [1.29, 1.82) is 0 Å². The quantitative estimate of drug-likeness (QED) is 0.282. The fraction of sp³-hybridized carbons (Fsp3) is 0.346. The normalized spacial score (nSPS) is 13.5. The van der Waals surface area contributed by atoms with Crippen molar-refractivity contribution in [2.45, 2.75) is 52.2 Å². The van der Waals surface area contributed by atoms with Crippen molar-refractivity contribution in [2.24, 2.45) is 5.92 Å². The Kier molecular flexibility index (Phi) is 7.22. The van der Waals surface area contributed by atoms with Crippen LogP contribution in [0.2, 0.25) is 5.02 Å². The highest BCUT2D eigenvalue weighted by Gasteiger charge is 2.27. The number of rotatable bonds is 7. The molecule has 0 radical (unpaired) electrons. The SMILES string of the molecule is CC(C)C[C@H](NC(=O)OCc1ccccc1)C(=O)Oc1cc2oc(=O)c3c(c2cc1Cl)CCC3. The highest BCUT2D eigenvalue weighted by molar-refractivity contribution is 6.33. The predicted molar refractivity (Wildman–Crippen MR) is 128 cm³/mol. The van der Waals surface area contributed by atoms with E-state index >= 15 is 0 Å². The summed E-state index contributed by atoms with van der Waals surface area (Å²) in [7, 11) is 0. The number of ether oxygens (including phenoxy) is 2. The number of hydrogen-bond donors (Lipinski definition) is 1. The van der Waals surface area contributed by atoms with Gasteiger partial charge in [0.1, 0.15) is 18.2 Å². The summed E-state index contributed by atoms with van der Waals surface area (Å²) in [5.74, 6) is -0.525. The molecule has 1 aliphatic rings. The smallest absolute Gasteiger partial charge is 0.408 e. The Bertz CT molecular complexity index is 1270. The van der Waals surface area contributed by atoms with Gasteiger partial charge in [-0.15, -0.1) is 0 Å². The van der Waals surface area contributed by atoms with E-state index in [1.165, 1.54) is 6.07 Å². The van der Waals surface area contributed by atoms with Crippen LogP contribution in [0.25, 0.3) is 11.0 Å². The Morgan fingerprint density at radius 3 is 2.59 bits per heavy atom. The molecule has 34 heavy (non-hydrogen) atoms. The standard InChI is InChI=1S/C26H26ClNO6/c1-15(2)11-21(28-26(31)32-14-16-7-4-3-5-8-16)25(30)34-23-13-22-19(12-20(23)27)17-9-6-10-18(17)24(29)33-22/h3-5,7-8,12-13,15,21H,6,9-11,14H2,1-2H3,(H,28,31)/t21-/m0/s1. The van der Waals surface area contributed by atoms with Gasteiger partial charge in [-0.25, -0.2) is 14.4 Å². The maximum Gasteiger partial charge on any atom is 0.408 e. The van der Waals surface area contributed by atoms with Crippen molar-refractivity contribution in [3.05, 3.63) is 74.6 Å². The highest BCUT2D eigenvalue weighted by Crippen LogP contribution is 2.35. The summed E-state index contributed by atoms with van der Waals surface area (Å²) in [4.78, 5) is 37.6. The zero-order valence-electron chi connectivity index (χ0n) is 19.1. The molecule has 0 unspecified atom stereocenters. The molecule has 0 bridgehead atoms. The summed E-state index contributed by atoms with van der Waals surface area (Å²) < 4.78 is 16.2. The van der Waals surface area contributed by atoms with Gasteiger partial charge in [0.2, 0.25) is 0 Å². The minimum absolute atomic E-state index is 0.0634. The van der Waals surface area contributed by atoms with E-state index in [2.05, 4.69) is 5.32 Å². The molecule has 1 heterocycles. The van der Waals surface area contributed by atoms with Crippen molar-refractivity contribution in [2.75, 3.05) is 0 Å². The van der Waals surface area contributed by atoms with Crippen molar-refractivity contribution in [1.82, 2.24) is 5.32 Å². The van der Waals surface area contributed by atoms with Crippen molar-refractivity contribution in [3.63, 3.8) is 0 Å². The monoisotopic (exact) mass is 483 g/mol. The van der Waals surface area contributed by atoms with Crippen LogP contribution < -0.4 is 15.7 Å². The van der Waals surface area contributed by atoms with E-state index in [-0.39, 0.29) is 28.9 Å². The van der Waals surface area contributed by atoms with Gasteiger partial charge < -0.3 is 19.2 Å². The third-order valence-electron chi connectivity index (χ3n) is 5.73. The van der Waals surface area contributed by atoms with Gasteiger partial charge >= 0.3 is 17.7 Å². The van der Waals surface area contributed by atoms with E-state index in [4.69, 9.17) is 25.5 Å². The zero-order chi connectivity index (χ0) is 24.2. The fourth-order valence-corrected chi connectivity index (χ4v) is 4.34. The number of carbonyl (C=O) groups is 2. The number of halogens is 1. The molecular formula is C26H26ClNO6. The summed E-state index contributed by atoms with van der Waals surface area (Å²) >= 11 is 6.41. The van der Waals surface area contributed by atoms with Gasteiger partial charge in [0.25, 0.3) is 0 Å². The van der Waals surface area contributed by atoms with Gasteiger partial charge in [-0.1, -0.05) is 55.8 Å². The first kappa shape index (κ1) is 23.8. The second-order valence-corrected chi connectivity index (χ2v) is 9.20. The van der Waals surface area contributed by atoms with E-state index in [1.807, 2.05) is 44.2 Å². The van der Waals surface area contributed by atoms with Gasteiger partial charge in [0.05, 0.1) is 5.02 Å². The van der Waals surface area contributed by atoms with Crippen LogP contribution in [0, 0.1) is 5.92 Å². The molecule has 0 aliphatic heterocycles. The predicted octanol–water partition coefficient (Wildman–Crippen LogP) is 5.18. The fourth-order valence-electron chi connectivity index (χ4n) is 4.13. The molecule has 1 aliphatic carbocycles. The third kappa shape index (κ3) is 5.42. The zero-order valence-corrected chi connectivity index (χ0v) is 19.8. The molecule has 1 aromatic heterocycles. The molecule has 0 fully saturated rings. The first-order valence-corrected chi connectivity index (χ1v) is 11.7. The van der Waals surface area contributed by atoms with Crippen LogP contribution in [-0.4, -0.2) is 18.1 Å². The second kappa shape index (κ2) is 10.3. The Balaban J connectivity index is 1.49. The van der Waals surface area contributed by atoms with Gasteiger partial charge in [-0.2, -0.15) is 0 Å². The Hall–Kier alpha value is -3.32. The number of fused-ring (bicyclic) bond motifs is 3. The van der Waals surface area contributed by atoms with Gasteiger partial charge in [-0.3, -0.25) is 0 Å². The second-order valence-electron chi connectivity index (χ2n) is 8.79. The van der Waals surface area contributed by atoms with Crippen LogP contribution in [0.1, 0.15) is 43.4 Å². The average Bonchev–Trinajstić information content (AvgIpc) is 3.30. The third-order valence-corrected chi connectivity index (χ3v) is 6.03. The molecule has 0 saturated heterocycles. The lowest BCUT2D eigenvalue weighted by Crippen LogP contribution is -2.44. The molecule has 0 spiro atoms. The summed E-state index contributed by atoms with van der Waals surface area (Å²) in [5.41, 5.74) is 2.39. The molecule has 4 rings (SSSR count).